The zero-order chi connectivity index (χ0) is 15.4. The van der Waals surface area contributed by atoms with Crippen LogP contribution in [0.15, 0.2) is 46.9 Å². The van der Waals surface area contributed by atoms with Crippen molar-refractivity contribution in [1.82, 2.24) is 0 Å². The van der Waals surface area contributed by atoms with Gasteiger partial charge >= 0.3 is 0 Å². The SMILES string of the molecule is Cc1cccc(OC(C)C(=O)Nc2ccc(Br)cc2Cl)c1. The molecule has 2 aromatic carbocycles. The minimum Gasteiger partial charge on any atom is -0.481 e. The van der Waals surface area contributed by atoms with Gasteiger partial charge in [0.1, 0.15) is 5.75 Å². The second kappa shape index (κ2) is 6.96. The maximum atomic E-state index is 12.1. The van der Waals surface area contributed by atoms with Gasteiger partial charge in [0.25, 0.3) is 5.91 Å². The smallest absolute Gasteiger partial charge is 0.265 e. The van der Waals surface area contributed by atoms with Crippen molar-refractivity contribution < 1.29 is 9.53 Å². The number of ether oxygens (including phenoxy) is 1. The van der Waals surface area contributed by atoms with E-state index in [1.54, 1.807) is 19.1 Å². The Labute approximate surface area is 137 Å². The van der Waals surface area contributed by atoms with Gasteiger partial charge in [0.05, 0.1) is 10.7 Å². The van der Waals surface area contributed by atoms with E-state index in [-0.39, 0.29) is 5.91 Å². The minimum atomic E-state index is -0.619. The first-order valence-electron chi connectivity index (χ1n) is 6.45. The van der Waals surface area contributed by atoms with Crippen molar-refractivity contribution >= 4 is 39.1 Å². The second-order valence-electron chi connectivity index (χ2n) is 4.69. The molecule has 2 aromatic rings. The summed E-state index contributed by atoms with van der Waals surface area (Å²) in [4.78, 5) is 12.1. The van der Waals surface area contributed by atoms with E-state index in [0.29, 0.717) is 16.5 Å². The van der Waals surface area contributed by atoms with Crippen LogP contribution in [0.4, 0.5) is 5.69 Å². The van der Waals surface area contributed by atoms with Crippen molar-refractivity contribution in [3.63, 3.8) is 0 Å². The molecule has 1 N–H and O–H groups in total. The summed E-state index contributed by atoms with van der Waals surface area (Å²) in [6.45, 7) is 3.67. The van der Waals surface area contributed by atoms with E-state index in [0.717, 1.165) is 10.0 Å². The molecule has 0 saturated heterocycles. The number of benzene rings is 2. The molecule has 0 heterocycles. The minimum absolute atomic E-state index is 0.249. The number of hydrogen-bond donors (Lipinski definition) is 1. The van der Waals surface area contributed by atoms with Gasteiger partial charge in [-0.05, 0) is 49.7 Å². The molecule has 1 unspecified atom stereocenters. The van der Waals surface area contributed by atoms with Crippen molar-refractivity contribution in [2.45, 2.75) is 20.0 Å². The zero-order valence-corrected chi connectivity index (χ0v) is 14.0. The van der Waals surface area contributed by atoms with Gasteiger partial charge in [-0.25, -0.2) is 0 Å². The fourth-order valence-corrected chi connectivity index (χ4v) is 2.49. The van der Waals surface area contributed by atoms with Crippen molar-refractivity contribution in [3.05, 3.63) is 57.5 Å². The molecule has 0 aliphatic rings. The number of aryl methyl sites for hydroxylation is 1. The van der Waals surface area contributed by atoms with Gasteiger partial charge in [0, 0.05) is 4.47 Å². The molecule has 0 saturated carbocycles. The van der Waals surface area contributed by atoms with E-state index in [9.17, 15) is 4.79 Å². The summed E-state index contributed by atoms with van der Waals surface area (Å²) >= 11 is 9.39. The Morgan fingerprint density at radius 2 is 2.05 bits per heavy atom. The molecule has 0 aliphatic carbocycles. The normalized spacial score (nSPS) is 11.8. The molecule has 1 amide bonds. The highest BCUT2D eigenvalue weighted by atomic mass is 79.9. The maximum Gasteiger partial charge on any atom is 0.265 e. The highest BCUT2D eigenvalue weighted by Crippen LogP contribution is 2.26. The van der Waals surface area contributed by atoms with Crippen LogP contribution < -0.4 is 10.1 Å². The first-order valence-corrected chi connectivity index (χ1v) is 7.62. The molecule has 110 valence electrons. The molecule has 1 atom stereocenters. The second-order valence-corrected chi connectivity index (χ2v) is 6.01. The van der Waals surface area contributed by atoms with Crippen LogP contribution in [-0.2, 0) is 4.79 Å². The first-order chi connectivity index (χ1) is 9.95. The molecule has 0 fully saturated rings. The number of carbonyl (C=O) groups is 1. The van der Waals surface area contributed by atoms with Crippen LogP contribution in [0.1, 0.15) is 12.5 Å². The summed E-state index contributed by atoms with van der Waals surface area (Å²) in [5.74, 6) is 0.417. The van der Waals surface area contributed by atoms with Crippen LogP contribution in [0, 0.1) is 6.92 Å². The van der Waals surface area contributed by atoms with Gasteiger partial charge in [-0.2, -0.15) is 0 Å². The lowest BCUT2D eigenvalue weighted by Gasteiger charge is -2.15. The lowest BCUT2D eigenvalue weighted by Crippen LogP contribution is -2.30. The maximum absolute atomic E-state index is 12.1. The van der Waals surface area contributed by atoms with Gasteiger partial charge in [0.15, 0.2) is 6.10 Å². The average molecular weight is 369 g/mol. The molecule has 5 heteroatoms. The van der Waals surface area contributed by atoms with Crippen LogP contribution in [0.25, 0.3) is 0 Å². The Kier molecular flexibility index (Phi) is 5.26. The van der Waals surface area contributed by atoms with Crippen LogP contribution in [-0.4, -0.2) is 12.0 Å². The summed E-state index contributed by atoms with van der Waals surface area (Å²) in [6.07, 6.45) is -0.619. The number of amides is 1. The Morgan fingerprint density at radius 1 is 1.29 bits per heavy atom. The Morgan fingerprint density at radius 3 is 2.71 bits per heavy atom. The topological polar surface area (TPSA) is 38.3 Å². The largest absolute Gasteiger partial charge is 0.481 e. The van der Waals surface area contributed by atoms with Crippen LogP contribution >= 0.6 is 27.5 Å². The Hall–Kier alpha value is -1.52. The number of carbonyl (C=O) groups excluding carboxylic acids is 1. The highest BCUT2D eigenvalue weighted by molar-refractivity contribution is 9.10. The fraction of sp³-hybridized carbons (Fsp3) is 0.188. The first kappa shape index (κ1) is 15.9. The number of anilines is 1. The van der Waals surface area contributed by atoms with E-state index < -0.39 is 6.10 Å². The van der Waals surface area contributed by atoms with Gasteiger partial charge in [-0.15, -0.1) is 0 Å². The van der Waals surface area contributed by atoms with Crippen LogP contribution in [0.3, 0.4) is 0 Å². The predicted molar refractivity (Wildman–Crippen MR) is 89.1 cm³/mol. The Bertz CT molecular complexity index is 660. The van der Waals surface area contributed by atoms with Crippen LogP contribution in [0.2, 0.25) is 5.02 Å². The summed E-state index contributed by atoms with van der Waals surface area (Å²) in [5, 5.41) is 3.23. The zero-order valence-electron chi connectivity index (χ0n) is 11.7. The van der Waals surface area contributed by atoms with E-state index >= 15 is 0 Å². The number of rotatable bonds is 4. The number of halogens is 2. The predicted octanol–water partition coefficient (Wildman–Crippen LogP) is 4.82. The molecule has 0 aliphatic heterocycles. The highest BCUT2D eigenvalue weighted by Gasteiger charge is 2.16. The molecular weight excluding hydrogens is 354 g/mol. The van der Waals surface area contributed by atoms with Gasteiger partial charge in [-0.3, -0.25) is 4.79 Å². The lowest BCUT2D eigenvalue weighted by molar-refractivity contribution is -0.122. The van der Waals surface area contributed by atoms with Gasteiger partial charge in [0.2, 0.25) is 0 Å². The van der Waals surface area contributed by atoms with Crippen molar-refractivity contribution in [1.29, 1.82) is 0 Å². The van der Waals surface area contributed by atoms with Gasteiger partial charge < -0.3 is 10.1 Å². The van der Waals surface area contributed by atoms with Crippen LogP contribution in [0.5, 0.6) is 5.75 Å². The molecular formula is C16H15BrClNO2. The molecule has 0 bridgehead atoms. The van der Waals surface area contributed by atoms with Crippen molar-refractivity contribution in [2.75, 3.05) is 5.32 Å². The Balaban J connectivity index is 2.02. The average Bonchev–Trinajstić information content (AvgIpc) is 2.41. The third kappa shape index (κ3) is 4.48. The standard InChI is InChI=1S/C16H15BrClNO2/c1-10-4-3-5-13(8-10)21-11(2)16(20)19-15-7-6-12(17)9-14(15)18/h3-9,11H,1-2H3,(H,19,20). The monoisotopic (exact) mass is 367 g/mol. The molecule has 0 aromatic heterocycles. The van der Waals surface area contributed by atoms with E-state index in [1.165, 1.54) is 0 Å². The summed E-state index contributed by atoms with van der Waals surface area (Å²) in [6, 6.07) is 12.8. The van der Waals surface area contributed by atoms with E-state index in [1.807, 2.05) is 37.3 Å². The fourth-order valence-electron chi connectivity index (χ4n) is 1.77. The van der Waals surface area contributed by atoms with Gasteiger partial charge in [-0.1, -0.05) is 39.7 Å². The molecule has 3 nitrogen and oxygen atoms in total. The number of nitrogens with one attached hydrogen (secondary N) is 1. The molecule has 2 rings (SSSR count). The molecule has 0 spiro atoms. The van der Waals surface area contributed by atoms with E-state index in [4.69, 9.17) is 16.3 Å². The number of hydrogen-bond acceptors (Lipinski definition) is 2. The lowest BCUT2D eigenvalue weighted by atomic mass is 10.2. The summed E-state index contributed by atoms with van der Waals surface area (Å²) in [7, 11) is 0. The van der Waals surface area contributed by atoms with Crippen molar-refractivity contribution in [2.24, 2.45) is 0 Å². The third-order valence-electron chi connectivity index (χ3n) is 2.86. The third-order valence-corrected chi connectivity index (χ3v) is 3.67. The van der Waals surface area contributed by atoms with E-state index in [2.05, 4.69) is 21.2 Å². The quantitative estimate of drug-likeness (QED) is 0.840. The van der Waals surface area contributed by atoms with Crippen molar-refractivity contribution in [3.8, 4) is 5.75 Å². The summed E-state index contributed by atoms with van der Waals surface area (Å²) < 4.78 is 6.48. The molecule has 21 heavy (non-hydrogen) atoms. The summed E-state index contributed by atoms with van der Waals surface area (Å²) in [5.41, 5.74) is 1.64. The molecule has 0 radical (unpaired) electrons.